The minimum absolute atomic E-state index is 0.0191. The van der Waals surface area contributed by atoms with Crippen LogP contribution >= 0.6 is 0 Å². The van der Waals surface area contributed by atoms with Gasteiger partial charge >= 0.3 is 0 Å². The van der Waals surface area contributed by atoms with Crippen LogP contribution in [0.1, 0.15) is 37.7 Å². The van der Waals surface area contributed by atoms with E-state index in [2.05, 4.69) is 10.2 Å². The average molecular weight is 320 g/mol. The highest BCUT2D eigenvalue weighted by Crippen LogP contribution is 2.17. The summed E-state index contributed by atoms with van der Waals surface area (Å²) in [6, 6.07) is 7.42. The van der Waals surface area contributed by atoms with Crippen molar-refractivity contribution in [1.29, 1.82) is 0 Å². The highest BCUT2D eigenvalue weighted by atomic mass is 16.3. The number of hydrogen-bond donors (Lipinski definition) is 3. The molecule has 1 saturated heterocycles. The quantitative estimate of drug-likeness (QED) is 0.637. The largest absolute Gasteiger partial charge is 0.508 e. The van der Waals surface area contributed by atoms with E-state index in [0.717, 1.165) is 31.5 Å². The van der Waals surface area contributed by atoms with E-state index < -0.39 is 0 Å². The maximum atomic E-state index is 11.9. The standard InChI is InChI=1S/C18H28N2O3/c21-14-16-7-3-4-12-20(16)13-5-11-19-18(23)10-9-15-6-1-2-8-17(15)22/h1-2,6,8,16,21-22H,3-5,7,9-14H2,(H,19,23)/t16-/m1/s1. The number of likely N-dealkylation sites (tertiary alicyclic amines) is 1. The summed E-state index contributed by atoms with van der Waals surface area (Å²) in [7, 11) is 0. The van der Waals surface area contributed by atoms with Gasteiger partial charge in [-0.25, -0.2) is 0 Å². The van der Waals surface area contributed by atoms with Crippen LogP contribution in [-0.2, 0) is 11.2 Å². The molecule has 0 spiro atoms. The maximum Gasteiger partial charge on any atom is 0.220 e. The van der Waals surface area contributed by atoms with Crippen molar-refractivity contribution in [3.63, 3.8) is 0 Å². The van der Waals surface area contributed by atoms with Gasteiger partial charge in [0.05, 0.1) is 6.61 Å². The Labute approximate surface area is 138 Å². The number of aromatic hydroxyl groups is 1. The molecule has 0 saturated carbocycles. The predicted octanol–water partition coefficient (Wildman–Crippen LogP) is 1.68. The number of rotatable bonds is 8. The first-order valence-electron chi connectivity index (χ1n) is 8.59. The highest BCUT2D eigenvalue weighted by molar-refractivity contribution is 5.76. The van der Waals surface area contributed by atoms with Gasteiger partial charge in [-0.3, -0.25) is 9.69 Å². The molecule has 1 amide bonds. The fourth-order valence-corrected chi connectivity index (χ4v) is 3.13. The van der Waals surface area contributed by atoms with Gasteiger partial charge in [-0.1, -0.05) is 24.6 Å². The number of aliphatic hydroxyl groups excluding tert-OH is 1. The second kappa shape index (κ2) is 9.53. The van der Waals surface area contributed by atoms with Crippen LogP contribution in [0.5, 0.6) is 5.75 Å². The molecular weight excluding hydrogens is 292 g/mol. The first-order chi connectivity index (χ1) is 11.2. The van der Waals surface area contributed by atoms with Gasteiger partial charge in [0.2, 0.25) is 5.91 Å². The smallest absolute Gasteiger partial charge is 0.220 e. The second-order valence-corrected chi connectivity index (χ2v) is 6.20. The number of amides is 1. The van der Waals surface area contributed by atoms with Gasteiger partial charge in [0, 0.05) is 25.6 Å². The van der Waals surface area contributed by atoms with E-state index in [-0.39, 0.29) is 18.3 Å². The molecule has 23 heavy (non-hydrogen) atoms. The lowest BCUT2D eigenvalue weighted by Gasteiger charge is -2.34. The summed E-state index contributed by atoms with van der Waals surface area (Å²) >= 11 is 0. The van der Waals surface area contributed by atoms with Gasteiger partial charge in [0.15, 0.2) is 0 Å². The molecule has 5 nitrogen and oxygen atoms in total. The van der Waals surface area contributed by atoms with Crippen LogP contribution in [0.3, 0.4) is 0 Å². The van der Waals surface area contributed by atoms with Crippen molar-refractivity contribution < 1.29 is 15.0 Å². The van der Waals surface area contributed by atoms with Crippen molar-refractivity contribution in [3.8, 4) is 5.75 Å². The fraction of sp³-hybridized carbons (Fsp3) is 0.611. The van der Waals surface area contributed by atoms with Crippen molar-refractivity contribution in [2.24, 2.45) is 0 Å². The number of phenols is 1. The number of para-hydroxylation sites is 1. The van der Waals surface area contributed by atoms with Gasteiger partial charge in [0.1, 0.15) is 5.75 Å². The number of aryl methyl sites for hydroxylation is 1. The lowest BCUT2D eigenvalue weighted by atomic mass is 10.0. The van der Waals surface area contributed by atoms with Gasteiger partial charge in [0.25, 0.3) is 0 Å². The Morgan fingerprint density at radius 2 is 2.13 bits per heavy atom. The number of aliphatic hydroxyl groups is 1. The van der Waals surface area contributed by atoms with Crippen molar-refractivity contribution in [1.82, 2.24) is 10.2 Å². The third-order valence-corrected chi connectivity index (χ3v) is 4.52. The van der Waals surface area contributed by atoms with Crippen molar-refractivity contribution in [2.75, 3.05) is 26.2 Å². The molecule has 0 radical (unpaired) electrons. The molecule has 5 heteroatoms. The zero-order valence-electron chi connectivity index (χ0n) is 13.7. The Bertz CT molecular complexity index is 493. The first kappa shape index (κ1) is 17.8. The van der Waals surface area contributed by atoms with Crippen molar-refractivity contribution >= 4 is 5.91 Å². The van der Waals surface area contributed by atoms with Crippen molar-refractivity contribution in [3.05, 3.63) is 29.8 Å². The van der Waals surface area contributed by atoms with Crippen LogP contribution in [0.25, 0.3) is 0 Å². The molecule has 1 atom stereocenters. The average Bonchev–Trinajstić information content (AvgIpc) is 2.58. The van der Waals surface area contributed by atoms with Crippen LogP contribution in [0.4, 0.5) is 0 Å². The minimum atomic E-state index is 0.0191. The Kier molecular flexibility index (Phi) is 7.36. The SMILES string of the molecule is O=C(CCc1ccccc1O)NCCCN1CCCC[C@@H]1CO. The Morgan fingerprint density at radius 1 is 1.30 bits per heavy atom. The molecule has 2 rings (SSSR count). The van der Waals surface area contributed by atoms with E-state index in [9.17, 15) is 15.0 Å². The molecule has 0 aromatic heterocycles. The summed E-state index contributed by atoms with van der Waals surface area (Å²) in [6.07, 6.45) is 5.31. The van der Waals surface area contributed by atoms with Crippen LogP contribution in [-0.4, -0.2) is 53.3 Å². The molecule has 0 bridgehead atoms. The molecule has 3 N–H and O–H groups in total. The number of piperidine rings is 1. The van der Waals surface area contributed by atoms with Gasteiger partial charge in [-0.05, 0) is 43.9 Å². The molecule has 1 aliphatic heterocycles. The molecule has 1 fully saturated rings. The van der Waals surface area contributed by atoms with E-state index in [4.69, 9.17) is 0 Å². The molecule has 1 aromatic carbocycles. The summed E-state index contributed by atoms with van der Waals surface area (Å²) in [4.78, 5) is 14.2. The zero-order valence-corrected chi connectivity index (χ0v) is 13.7. The number of carbonyl (C=O) groups is 1. The van der Waals surface area contributed by atoms with Crippen molar-refractivity contribution in [2.45, 2.75) is 44.6 Å². The number of nitrogens with one attached hydrogen (secondary N) is 1. The first-order valence-corrected chi connectivity index (χ1v) is 8.59. The van der Waals surface area contributed by atoms with E-state index in [1.54, 1.807) is 12.1 Å². The van der Waals surface area contributed by atoms with E-state index in [1.807, 2.05) is 12.1 Å². The Morgan fingerprint density at radius 3 is 2.91 bits per heavy atom. The lowest BCUT2D eigenvalue weighted by Crippen LogP contribution is -2.43. The lowest BCUT2D eigenvalue weighted by molar-refractivity contribution is -0.121. The van der Waals surface area contributed by atoms with Crippen LogP contribution in [0.2, 0.25) is 0 Å². The molecule has 128 valence electrons. The molecule has 0 unspecified atom stereocenters. The number of benzene rings is 1. The third-order valence-electron chi connectivity index (χ3n) is 4.52. The summed E-state index contributed by atoms with van der Waals surface area (Å²) < 4.78 is 0. The molecule has 0 aliphatic carbocycles. The number of nitrogens with zero attached hydrogens (tertiary/aromatic N) is 1. The molecule has 1 aromatic rings. The van der Waals surface area contributed by atoms with E-state index in [0.29, 0.717) is 25.4 Å². The molecule has 1 aliphatic rings. The van der Waals surface area contributed by atoms with Gasteiger partial charge in [-0.2, -0.15) is 0 Å². The summed E-state index contributed by atoms with van der Waals surface area (Å²) in [5.74, 6) is 0.269. The monoisotopic (exact) mass is 320 g/mol. The van der Waals surface area contributed by atoms with E-state index in [1.165, 1.54) is 12.8 Å². The number of phenolic OH excluding ortho intramolecular Hbond substituents is 1. The molecular formula is C18H28N2O3. The van der Waals surface area contributed by atoms with Gasteiger partial charge in [-0.15, -0.1) is 0 Å². The highest BCUT2D eigenvalue weighted by Gasteiger charge is 2.20. The topological polar surface area (TPSA) is 72.8 Å². The Balaban J connectivity index is 1.60. The summed E-state index contributed by atoms with van der Waals surface area (Å²) in [5, 5.41) is 22.0. The van der Waals surface area contributed by atoms with Crippen LogP contribution in [0.15, 0.2) is 24.3 Å². The molecule has 1 heterocycles. The summed E-state index contributed by atoms with van der Waals surface area (Å²) in [5.41, 5.74) is 0.807. The predicted molar refractivity (Wildman–Crippen MR) is 90.4 cm³/mol. The second-order valence-electron chi connectivity index (χ2n) is 6.20. The minimum Gasteiger partial charge on any atom is -0.508 e. The Hall–Kier alpha value is -1.59. The normalized spacial score (nSPS) is 18.7. The number of hydrogen-bond acceptors (Lipinski definition) is 4. The fourth-order valence-electron chi connectivity index (χ4n) is 3.13. The van der Waals surface area contributed by atoms with E-state index >= 15 is 0 Å². The van der Waals surface area contributed by atoms with Gasteiger partial charge < -0.3 is 15.5 Å². The maximum absolute atomic E-state index is 11.9. The zero-order chi connectivity index (χ0) is 16.5. The summed E-state index contributed by atoms with van der Waals surface area (Å²) in [6.45, 7) is 2.86. The van der Waals surface area contributed by atoms with Crippen LogP contribution < -0.4 is 5.32 Å². The van der Waals surface area contributed by atoms with Crippen LogP contribution in [0, 0.1) is 0 Å². The number of carbonyl (C=O) groups excluding carboxylic acids is 1. The third kappa shape index (κ3) is 5.84.